The van der Waals surface area contributed by atoms with E-state index in [9.17, 15) is 0 Å². The highest BCUT2D eigenvalue weighted by Crippen LogP contribution is 2.71. The molecular weight excluding hydrogens is 710 g/mol. The summed E-state index contributed by atoms with van der Waals surface area (Å²) in [4.78, 5) is 0. The van der Waals surface area contributed by atoms with Crippen LogP contribution in [0.5, 0.6) is 11.5 Å². The second-order valence-electron chi connectivity index (χ2n) is 26.3. The zero-order valence-electron chi connectivity index (χ0n) is 39.1. The molecule has 0 radical (unpaired) electrons. The van der Waals surface area contributed by atoms with Gasteiger partial charge in [-0.1, -0.05) is 179 Å². The van der Waals surface area contributed by atoms with Crippen LogP contribution in [-0.2, 0) is 0 Å². The number of benzene rings is 3. The molecule has 16 rings (SSSR count). The molecule has 16 atom stereocenters. The smallest absolute Gasteiger partial charge is 0.183 e. The van der Waals surface area contributed by atoms with Gasteiger partial charge < -0.3 is 4.74 Å². The van der Waals surface area contributed by atoms with Crippen molar-refractivity contribution in [3.63, 3.8) is 0 Å². The van der Waals surface area contributed by atoms with Gasteiger partial charge in [0.2, 0.25) is 0 Å². The predicted molar refractivity (Wildman–Crippen MR) is 252 cm³/mol. The van der Waals surface area contributed by atoms with Crippen LogP contribution in [0.15, 0.2) is 48.5 Å². The van der Waals surface area contributed by atoms with Gasteiger partial charge in [-0.05, 0) is 141 Å². The SMILES string of the molecule is CC1C(B(c2ccc3c(c2)Oc2cccc4c(B(C5CC6CC(C5C)C6(C)C)C5CC6CC(C5C)C6(C)C)ccc-3c24)C2CC3CC(C2C)C3(C)C)CC2CC1C2(C)C. The first-order valence-electron chi connectivity index (χ1n) is 25.3. The van der Waals surface area contributed by atoms with Gasteiger partial charge in [-0.2, -0.15) is 0 Å². The van der Waals surface area contributed by atoms with E-state index >= 15 is 0 Å². The van der Waals surface area contributed by atoms with E-state index in [0.29, 0.717) is 35.1 Å². The van der Waals surface area contributed by atoms with Crippen molar-refractivity contribution in [1.29, 1.82) is 0 Å². The molecule has 0 aromatic heterocycles. The lowest BCUT2D eigenvalue weighted by Crippen LogP contribution is -2.62. The van der Waals surface area contributed by atoms with Gasteiger partial charge in [0.25, 0.3) is 0 Å². The topological polar surface area (TPSA) is 9.23 Å². The van der Waals surface area contributed by atoms with Crippen LogP contribution in [0.25, 0.3) is 21.9 Å². The average molecular weight is 787 g/mol. The number of fused-ring (bicyclic) bond motifs is 10. The molecule has 8 bridgehead atoms. The van der Waals surface area contributed by atoms with Crippen LogP contribution in [0.3, 0.4) is 0 Å². The molecule has 1 aliphatic heterocycles. The summed E-state index contributed by atoms with van der Waals surface area (Å²) >= 11 is 0. The minimum atomic E-state index is 0.510. The second-order valence-corrected chi connectivity index (χ2v) is 26.3. The Morgan fingerprint density at radius 1 is 0.458 bits per heavy atom. The van der Waals surface area contributed by atoms with E-state index in [1.165, 1.54) is 73.3 Å². The molecule has 1 heterocycles. The van der Waals surface area contributed by atoms with Crippen molar-refractivity contribution in [3.05, 3.63) is 48.5 Å². The van der Waals surface area contributed by atoms with E-state index in [4.69, 9.17) is 4.74 Å². The van der Waals surface area contributed by atoms with Crippen LogP contribution in [0.4, 0.5) is 0 Å². The van der Waals surface area contributed by atoms with Crippen molar-refractivity contribution in [2.75, 3.05) is 0 Å². The Hall–Kier alpha value is -2.15. The average Bonchev–Trinajstić information content (AvgIpc) is 3.19. The molecule has 12 aliphatic carbocycles. The number of hydrogen-bond acceptors (Lipinski definition) is 1. The fraction of sp³-hybridized carbons (Fsp3) is 0.714. The van der Waals surface area contributed by atoms with Crippen LogP contribution >= 0.6 is 0 Å². The third-order valence-corrected chi connectivity index (χ3v) is 23.8. The van der Waals surface area contributed by atoms with Crippen LogP contribution in [-0.4, -0.2) is 13.4 Å². The lowest BCUT2D eigenvalue weighted by Gasteiger charge is -2.66. The molecule has 312 valence electrons. The largest absolute Gasteiger partial charge is 0.456 e. The molecule has 0 spiro atoms. The van der Waals surface area contributed by atoms with E-state index in [0.717, 1.165) is 106 Å². The maximum atomic E-state index is 7.27. The van der Waals surface area contributed by atoms with Crippen molar-refractivity contribution >= 4 is 35.1 Å². The first kappa shape index (κ1) is 38.5. The Bertz CT molecular complexity index is 2150. The maximum Gasteiger partial charge on any atom is 0.183 e. The summed E-state index contributed by atoms with van der Waals surface area (Å²) in [7, 11) is 0. The minimum absolute atomic E-state index is 0.510. The van der Waals surface area contributed by atoms with E-state index in [-0.39, 0.29) is 0 Å². The van der Waals surface area contributed by atoms with Gasteiger partial charge in [0.1, 0.15) is 11.5 Å². The van der Waals surface area contributed by atoms with Crippen molar-refractivity contribution in [2.45, 2.75) is 158 Å². The highest BCUT2D eigenvalue weighted by molar-refractivity contribution is 6.78. The molecular formula is C56H76B2O. The summed E-state index contributed by atoms with van der Waals surface area (Å²) < 4.78 is 7.27. The highest BCUT2D eigenvalue weighted by atomic mass is 16.5. The van der Waals surface area contributed by atoms with Gasteiger partial charge in [-0.15, -0.1) is 0 Å². The maximum absolute atomic E-state index is 7.27. The van der Waals surface area contributed by atoms with E-state index in [1.54, 1.807) is 10.9 Å². The third-order valence-electron chi connectivity index (χ3n) is 23.8. The standard InChI is InChI=1S/C56H76B2O/c1-29-41-20-33(53(41,5)6)24-46(29)57(47-25-34-21-42(30(47)2)54(34,7)8)37-16-17-38-39-18-19-45(40-14-13-15-50(52(39)40)59-51(38)28-37)58(48-26-35-22-43(31(48)3)55(35,9)10)49-27-36-23-44(32(49)4)56(36,11)12/h13-19,28-36,41-44,46-49H,20-27H2,1-12H3. The van der Waals surface area contributed by atoms with Crippen LogP contribution in [0, 0.1) is 92.7 Å². The van der Waals surface area contributed by atoms with Gasteiger partial charge in [-0.3, -0.25) is 0 Å². The Kier molecular flexibility index (Phi) is 8.03. The summed E-state index contributed by atoms with van der Waals surface area (Å²) in [6, 6.07) is 20.1. The first-order chi connectivity index (χ1) is 27.9. The molecule has 0 saturated heterocycles. The van der Waals surface area contributed by atoms with Crippen LogP contribution < -0.4 is 15.7 Å². The minimum Gasteiger partial charge on any atom is -0.456 e. The highest BCUT2D eigenvalue weighted by Gasteiger charge is 2.64. The first-order valence-corrected chi connectivity index (χ1v) is 25.3. The molecule has 59 heavy (non-hydrogen) atoms. The zero-order valence-corrected chi connectivity index (χ0v) is 39.1. The van der Waals surface area contributed by atoms with E-state index in [1.807, 2.05) is 0 Å². The van der Waals surface area contributed by atoms with Gasteiger partial charge in [0.15, 0.2) is 13.4 Å². The Labute approximate surface area is 359 Å². The fourth-order valence-electron chi connectivity index (χ4n) is 19.4. The molecule has 3 heteroatoms. The van der Waals surface area contributed by atoms with Gasteiger partial charge >= 0.3 is 0 Å². The molecule has 0 amide bonds. The van der Waals surface area contributed by atoms with E-state index in [2.05, 4.69) is 132 Å². The molecule has 12 fully saturated rings. The molecule has 12 saturated carbocycles. The monoisotopic (exact) mass is 787 g/mol. The van der Waals surface area contributed by atoms with Crippen molar-refractivity contribution in [1.82, 2.24) is 0 Å². The van der Waals surface area contributed by atoms with Gasteiger partial charge in [0.05, 0.1) is 0 Å². The Balaban J connectivity index is 0.939. The Morgan fingerprint density at radius 3 is 1.31 bits per heavy atom. The summed E-state index contributed by atoms with van der Waals surface area (Å²) in [5.74, 6) is 15.5. The van der Waals surface area contributed by atoms with E-state index < -0.39 is 0 Å². The fourth-order valence-corrected chi connectivity index (χ4v) is 19.4. The van der Waals surface area contributed by atoms with Crippen LogP contribution in [0.1, 0.15) is 134 Å². The summed E-state index contributed by atoms with van der Waals surface area (Å²) in [5.41, 5.74) is 8.02. The lowest BCUT2D eigenvalue weighted by atomic mass is 9.19. The van der Waals surface area contributed by atoms with Crippen molar-refractivity contribution in [2.24, 2.45) is 92.7 Å². The summed E-state index contributed by atoms with van der Waals surface area (Å²) in [6.45, 7) is 32.6. The Morgan fingerprint density at radius 2 is 0.881 bits per heavy atom. The zero-order chi connectivity index (χ0) is 41.0. The number of rotatable bonds is 6. The quantitative estimate of drug-likeness (QED) is 0.177. The van der Waals surface area contributed by atoms with Gasteiger partial charge in [0, 0.05) is 10.9 Å². The van der Waals surface area contributed by atoms with Crippen molar-refractivity contribution < 1.29 is 4.74 Å². The molecule has 16 unspecified atom stereocenters. The third kappa shape index (κ3) is 4.90. The predicted octanol–water partition coefficient (Wildman–Crippen LogP) is 14.3. The van der Waals surface area contributed by atoms with Crippen LogP contribution in [0.2, 0.25) is 23.3 Å². The van der Waals surface area contributed by atoms with Crippen molar-refractivity contribution in [3.8, 4) is 22.6 Å². The molecule has 0 N–H and O–H groups in total. The van der Waals surface area contributed by atoms with Gasteiger partial charge in [-0.25, -0.2) is 0 Å². The summed E-state index contributed by atoms with van der Waals surface area (Å²) in [5, 5.41) is 2.88. The molecule has 1 nitrogen and oxygen atoms in total. The molecule has 3 aromatic rings. The lowest BCUT2D eigenvalue weighted by molar-refractivity contribution is -0.107. The summed E-state index contributed by atoms with van der Waals surface area (Å²) in [6.07, 6.45) is 11.5. The molecule has 3 aromatic carbocycles. The normalized spacial score (nSPS) is 44.1. The number of ether oxygens (including phenoxy) is 1. The second kappa shape index (κ2) is 12.3. The molecule has 13 aliphatic rings. The number of hydrogen-bond donors (Lipinski definition) is 0.